The molecule has 0 fully saturated rings. The molecule has 0 unspecified atom stereocenters. The number of rotatable bonds is 9. The van der Waals surface area contributed by atoms with Gasteiger partial charge in [0.15, 0.2) is 11.5 Å². The number of carbonyl (C=O) groups excluding carboxylic acids is 1. The van der Waals surface area contributed by atoms with E-state index in [9.17, 15) is 14.9 Å². The lowest BCUT2D eigenvalue weighted by Gasteiger charge is -2.12. The number of nitrogens with zero attached hydrogens (tertiary/aromatic N) is 1. The van der Waals surface area contributed by atoms with E-state index in [1.54, 1.807) is 13.0 Å². The number of nitrogens with one attached hydrogen (secondary N) is 1. The first-order valence-electron chi connectivity index (χ1n) is 8.40. The third-order valence-corrected chi connectivity index (χ3v) is 3.66. The van der Waals surface area contributed by atoms with E-state index in [2.05, 4.69) is 5.32 Å². The van der Waals surface area contributed by atoms with Gasteiger partial charge in [0.1, 0.15) is 0 Å². The summed E-state index contributed by atoms with van der Waals surface area (Å²) in [6.07, 6.45) is 0.763. The van der Waals surface area contributed by atoms with Gasteiger partial charge in [-0.2, -0.15) is 0 Å². The Morgan fingerprint density at radius 2 is 1.85 bits per heavy atom. The highest BCUT2D eigenvalue weighted by atomic mass is 16.6. The topological polar surface area (TPSA) is 90.7 Å². The summed E-state index contributed by atoms with van der Waals surface area (Å²) in [5, 5.41) is 13.5. The largest absolute Gasteiger partial charge is 0.490 e. The highest BCUT2D eigenvalue weighted by molar-refractivity contribution is 5.91. The number of para-hydroxylation sites is 2. The lowest BCUT2D eigenvalue weighted by atomic mass is 10.1. The van der Waals surface area contributed by atoms with Crippen molar-refractivity contribution in [2.75, 3.05) is 18.5 Å². The normalized spacial score (nSPS) is 10.2. The third kappa shape index (κ3) is 5.47. The molecule has 0 saturated carbocycles. The summed E-state index contributed by atoms with van der Waals surface area (Å²) in [4.78, 5) is 22.4. The molecule has 7 heteroatoms. The monoisotopic (exact) mass is 358 g/mol. The average molecular weight is 358 g/mol. The van der Waals surface area contributed by atoms with Crippen molar-refractivity contribution >= 4 is 17.3 Å². The highest BCUT2D eigenvalue weighted by Crippen LogP contribution is 2.26. The van der Waals surface area contributed by atoms with Crippen LogP contribution in [-0.4, -0.2) is 24.0 Å². The van der Waals surface area contributed by atoms with E-state index >= 15 is 0 Å². The van der Waals surface area contributed by atoms with Crippen LogP contribution in [0, 0.1) is 17.0 Å². The molecule has 0 radical (unpaired) electrons. The maximum Gasteiger partial charge on any atom is 0.271 e. The molecular formula is C19H22N2O5. The van der Waals surface area contributed by atoms with Crippen LogP contribution in [0.2, 0.25) is 0 Å². The summed E-state index contributed by atoms with van der Waals surface area (Å²) >= 11 is 0. The van der Waals surface area contributed by atoms with Crippen LogP contribution in [0.5, 0.6) is 11.5 Å². The van der Waals surface area contributed by atoms with Crippen LogP contribution in [0.3, 0.4) is 0 Å². The van der Waals surface area contributed by atoms with Crippen LogP contribution < -0.4 is 14.8 Å². The number of hydrogen-bond donors (Lipinski definition) is 1. The molecule has 0 bridgehead atoms. The molecule has 7 nitrogen and oxygen atoms in total. The second-order valence-electron chi connectivity index (χ2n) is 5.64. The first-order chi connectivity index (χ1) is 12.5. The Labute approximate surface area is 152 Å². The molecule has 0 heterocycles. The number of nitro groups is 1. The second-order valence-corrected chi connectivity index (χ2v) is 5.64. The molecule has 26 heavy (non-hydrogen) atoms. The Hall–Kier alpha value is -3.09. The molecule has 2 aromatic rings. The predicted octanol–water partition coefficient (Wildman–Crippen LogP) is 4.10. The van der Waals surface area contributed by atoms with Crippen molar-refractivity contribution < 1.29 is 19.2 Å². The molecule has 2 rings (SSSR count). The fourth-order valence-electron chi connectivity index (χ4n) is 2.33. The molecule has 0 aliphatic rings. The molecule has 2 aromatic carbocycles. The first kappa shape index (κ1) is 19.2. The molecule has 0 aromatic heterocycles. The molecular weight excluding hydrogens is 336 g/mol. The van der Waals surface area contributed by atoms with Gasteiger partial charge in [0, 0.05) is 18.6 Å². The Morgan fingerprint density at radius 1 is 1.15 bits per heavy atom. The van der Waals surface area contributed by atoms with Gasteiger partial charge >= 0.3 is 0 Å². The molecule has 0 aliphatic heterocycles. The third-order valence-electron chi connectivity index (χ3n) is 3.66. The minimum atomic E-state index is -0.487. The smallest absolute Gasteiger partial charge is 0.271 e. The second kappa shape index (κ2) is 9.41. The molecule has 0 saturated heterocycles. The predicted molar refractivity (Wildman–Crippen MR) is 98.8 cm³/mol. The van der Waals surface area contributed by atoms with Gasteiger partial charge in [0.2, 0.25) is 5.91 Å². The highest BCUT2D eigenvalue weighted by Gasteiger charge is 2.11. The van der Waals surface area contributed by atoms with Crippen molar-refractivity contribution in [2.45, 2.75) is 26.7 Å². The van der Waals surface area contributed by atoms with E-state index in [0.717, 1.165) is 5.56 Å². The van der Waals surface area contributed by atoms with Crippen LogP contribution in [-0.2, 0) is 4.79 Å². The molecule has 0 spiro atoms. The SMILES string of the molecule is CCOc1ccccc1OCCCC(=O)Nc1cc([N+](=O)[O-])ccc1C. The number of aryl methyl sites for hydroxylation is 1. The van der Waals surface area contributed by atoms with Crippen molar-refractivity contribution in [3.05, 3.63) is 58.1 Å². The van der Waals surface area contributed by atoms with Crippen LogP contribution in [0.15, 0.2) is 42.5 Å². The summed E-state index contributed by atoms with van der Waals surface area (Å²) in [5.41, 5.74) is 1.17. The Balaban J connectivity index is 1.83. The van der Waals surface area contributed by atoms with Crippen molar-refractivity contribution in [2.24, 2.45) is 0 Å². The zero-order valence-corrected chi connectivity index (χ0v) is 14.9. The molecule has 0 aliphatic carbocycles. The summed E-state index contributed by atoms with van der Waals surface area (Å²) in [6.45, 7) is 4.60. The van der Waals surface area contributed by atoms with Gasteiger partial charge in [-0.1, -0.05) is 18.2 Å². The standard InChI is InChI=1S/C19H22N2O5/c1-3-25-17-7-4-5-8-18(17)26-12-6-9-19(22)20-16-13-15(21(23)24)11-10-14(16)2/h4-5,7-8,10-11,13H,3,6,9,12H2,1-2H3,(H,20,22). The summed E-state index contributed by atoms with van der Waals surface area (Å²) in [7, 11) is 0. The van der Waals surface area contributed by atoms with Gasteiger partial charge in [-0.25, -0.2) is 0 Å². The lowest BCUT2D eigenvalue weighted by Crippen LogP contribution is -2.14. The van der Waals surface area contributed by atoms with E-state index in [0.29, 0.717) is 36.8 Å². The summed E-state index contributed by atoms with van der Waals surface area (Å²) < 4.78 is 11.1. The zero-order valence-electron chi connectivity index (χ0n) is 14.9. The van der Waals surface area contributed by atoms with Gasteiger partial charge in [0.25, 0.3) is 5.69 Å². The number of anilines is 1. The number of carbonyl (C=O) groups is 1. The first-order valence-corrected chi connectivity index (χ1v) is 8.40. The van der Waals surface area contributed by atoms with E-state index < -0.39 is 4.92 Å². The van der Waals surface area contributed by atoms with Gasteiger partial charge < -0.3 is 14.8 Å². The van der Waals surface area contributed by atoms with Crippen LogP contribution in [0.1, 0.15) is 25.3 Å². The van der Waals surface area contributed by atoms with Crippen molar-refractivity contribution in [1.29, 1.82) is 0 Å². The molecule has 1 amide bonds. The number of amides is 1. The van der Waals surface area contributed by atoms with Gasteiger partial charge in [0.05, 0.1) is 23.8 Å². The maximum atomic E-state index is 12.1. The van der Waals surface area contributed by atoms with E-state index in [1.165, 1.54) is 12.1 Å². The fraction of sp³-hybridized carbons (Fsp3) is 0.316. The van der Waals surface area contributed by atoms with Crippen molar-refractivity contribution in [1.82, 2.24) is 0 Å². The van der Waals surface area contributed by atoms with E-state index in [1.807, 2.05) is 31.2 Å². The van der Waals surface area contributed by atoms with Crippen LogP contribution >= 0.6 is 0 Å². The van der Waals surface area contributed by atoms with Gasteiger partial charge in [-0.05, 0) is 38.0 Å². The average Bonchev–Trinajstić information content (AvgIpc) is 2.62. The molecule has 0 atom stereocenters. The Kier molecular flexibility index (Phi) is 6.96. The zero-order chi connectivity index (χ0) is 18.9. The lowest BCUT2D eigenvalue weighted by molar-refractivity contribution is -0.384. The Morgan fingerprint density at radius 3 is 2.50 bits per heavy atom. The fourth-order valence-corrected chi connectivity index (χ4v) is 2.33. The maximum absolute atomic E-state index is 12.1. The number of nitro benzene ring substituents is 1. The van der Waals surface area contributed by atoms with Gasteiger partial charge in [-0.3, -0.25) is 14.9 Å². The number of benzene rings is 2. The van der Waals surface area contributed by atoms with Crippen molar-refractivity contribution in [3.63, 3.8) is 0 Å². The summed E-state index contributed by atoms with van der Waals surface area (Å²) in [6, 6.07) is 11.8. The Bertz CT molecular complexity index is 776. The van der Waals surface area contributed by atoms with E-state index in [-0.39, 0.29) is 18.0 Å². The van der Waals surface area contributed by atoms with Crippen molar-refractivity contribution in [3.8, 4) is 11.5 Å². The minimum Gasteiger partial charge on any atom is -0.490 e. The summed E-state index contributed by atoms with van der Waals surface area (Å²) in [5.74, 6) is 1.10. The number of non-ortho nitro benzene ring substituents is 1. The minimum absolute atomic E-state index is 0.0539. The molecule has 138 valence electrons. The number of hydrogen-bond acceptors (Lipinski definition) is 5. The number of ether oxygens (including phenoxy) is 2. The quantitative estimate of drug-likeness (QED) is 0.414. The van der Waals surface area contributed by atoms with Gasteiger partial charge in [-0.15, -0.1) is 0 Å². The van der Waals surface area contributed by atoms with Crippen LogP contribution in [0.25, 0.3) is 0 Å². The van der Waals surface area contributed by atoms with Crippen LogP contribution in [0.4, 0.5) is 11.4 Å². The molecule has 1 N–H and O–H groups in total. The van der Waals surface area contributed by atoms with E-state index in [4.69, 9.17) is 9.47 Å².